The second-order valence-corrected chi connectivity index (χ2v) is 9.76. The lowest BCUT2D eigenvalue weighted by Crippen LogP contribution is -2.49. The van der Waals surface area contributed by atoms with E-state index >= 15 is 0 Å². The average Bonchev–Trinajstić information content (AvgIpc) is 3.31. The third-order valence-electron chi connectivity index (χ3n) is 6.73. The van der Waals surface area contributed by atoms with Crippen molar-refractivity contribution in [3.8, 4) is 5.75 Å². The number of halogens is 4. The lowest BCUT2D eigenvalue weighted by Gasteiger charge is -2.37. The zero-order chi connectivity index (χ0) is 25.4. The molecular formula is C25H25BrF3N5O2. The van der Waals surface area contributed by atoms with Gasteiger partial charge in [0.15, 0.2) is 6.04 Å². The highest BCUT2D eigenvalue weighted by Gasteiger charge is 2.47. The molecule has 0 saturated carbocycles. The van der Waals surface area contributed by atoms with Gasteiger partial charge < -0.3 is 19.9 Å². The van der Waals surface area contributed by atoms with Crippen molar-refractivity contribution in [3.05, 3.63) is 70.3 Å². The molecule has 1 fully saturated rings. The van der Waals surface area contributed by atoms with E-state index in [0.29, 0.717) is 31.7 Å². The number of benzene rings is 2. The molecule has 2 aliphatic rings. The number of aromatic nitrogens is 2. The van der Waals surface area contributed by atoms with Crippen molar-refractivity contribution in [2.45, 2.75) is 24.7 Å². The fraction of sp³-hybridized carbons (Fsp3) is 0.360. The van der Waals surface area contributed by atoms with Gasteiger partial charge in [0.1, 0.15) is 17.1 Å². The van der Waals surface area contributed by atoms with E-state index in [4.69, 9.17) is 4.74 Å². The maximum absolute atomic E-state index is 14.0. The Morgan fingerprint density at radius 2 is 1.78 bits per heavy atom. The molecule has 0 radical (unpaired) electrons. The predicted molar refractivity (Wildman–Crippen MR) is 134 cm³/mol. The number of nitrogens with one attached hydrogen (secondary N) is 1. The van der Waals surface area contributed by atoms with Crippen LogP contribution >= 0.6 is 15.9 Å². The van der Waals surface area contributed by atoms with Crippen molar-refractivity contribution >= 4 is 33.3 Å². The Bertz CT molecular complexity index is 1240. The Kier molecular flexibility index (Phi) is 6.59. The summed E-state index contributed by atoms with van der Waals surface area (Å²) in [6, 6.07) is 12.4. The molecular weight excluding hydrogens is 539 g/mol. The van der Waals surface area contributed by atoms with Crippen molar-refractivity contribution in [2.75, 3.05) is 43.5 Å². The standard InChI is InChI=1S/C25H25BrF3N5O2/c1-36-21-5-3-2-4-20(21)32-10-12-33(13-11-32)24(35)18-15-30-34-22(25(27,28)29)14-19(31-23(18)34)16-6-8-17(26)9-7-16/h2-9,15,19,22,31H,10-14H2,1H3/t19-,22-/m1/s1. The van der Waals surface area contributed by atoms with Gasteiger partial charge in [0.25, 0.3) is 5.91 Å². The van der Waals surface area contributed by atoms with E-state index in [1.54, 1.807) is 36.3 Å². The third kappa shape index (κ3) is 4.63. The van der Waals surface area contributed by atoms with Crippen LogP contribution in [0.2, 0.25) is 0 Å². The fourth-order valence-electron chi connectivity index (χ4n) is 4.84. The number of rotatable bonds is 4. The number of fused-ring (bicyclic) bond motifs is 1. The highest BCUT2D eigenvalue weighted by Crippen LogP contribution is 2.44. The predicted octanol–water partition coefficient (Wildman–Crippen LogP) is 5.28. The van der Waals surface area contributed by atoms with Gasteiger partial charge >= 0.3 is 6.18 Å². The number of nitrogens with zero attached hydrogens (tertiary/aromatic N) is 4. The number of para-hydroxylation sites is 2. The van der Waals surface area contributed by atoms with Gasteiger partial charge in [-0.15, -0.1) is 0 Å². The molecule has 1 saturated heterocycles. The molecule has 2 atom stereocenters. The molecule has 2 aliphatic heterocycles. The quantitative estimate of drug-likeness (QED) is 0.468. The summed E-state index contributed by atoms with van der Waals surface area (Å²) in [7, 11) is 1.62. The van der Waals surface area contributed by atoms with Gasteiger partial charge in [-0.1, -0.05) is 40.2 Å². The van der Waals surface area contributed by atoms with Crippen LogP contribution in [0.1, 0.15) is 34.4 Å². The Morgan fingerprint density at radius 3 is 2.44 bits per heavy atom. The van der Waals surface area contributed by atoms with Crippen LogP contribution in [0, 0.1) is 0 Å². The Morgan fingerprint density at radius 1 is 1.08 bits per heavy atom. The summed E-state index contributed by atoms with van der Waals surface area (Å²) in [4.78, 5) is 17.2. The largest absolute Gasteiger partial charge is 0.495 e. The van der Waals surface area contributed by atoms with Crippen LogP contribution in [0.15, 0.2) is 59.2 Å². The highest BCUT2D eigenvalue weighted by molar-refractivity contribution is 9.10. The Hall–Kier alpha value is -3.21. The van der Waals surface area contributed by atoms with Gasteiger partial charge in [0.05, 0.1) is 25.0 Å². The first kappa shape index (κ1) is 24.5. The minimum absolute atomic E-state index is 0.105. The summed E-state index contributed by atoms with van der Waals surface area (Å²) < 4.78 is 49.2. The topological polar surface area (TPSA) is 62.6 Å². The van der Waals surface area contributed by atoms with Crippen molar-refractivity contribution in [2.24, 2.45) is 0 Å². The highest BCUT2D eigenvalue weighted by atomic mass is 79.9. The molecule has 0 unspecified atom stereocenters. The van der Waals surface area contributed by atoms with Crippen molar-refractivity contribution in [1.29, 1.82) is 0 Å². The minimum Gasteiger partial charge on any atom is -0.495 e. The maximum atomic E-state index is 14.0. The molecule has 5 rings (SSSR count). The number of alkyl halides is 3. The average molecular weight is 564 g/mol. The number of anilines is 2. The van der Waals surface area contributed by atoms with Gasteiger partial charge in [-0.05, 0) is 29.8 Å². The number of hydrogen-bond acceptors (Lipinski definition) is 5. The zero-order valence-corrected chi connectivity index (χ0v) is 21.1. The Labute approximate surface area is 214 Å². The van der Waals surface area contributed by atoms with Crippen molar-refractivity contribution < 1.29 is 22.7 Å². The molecule has 190 valence electrons. The minimum atomic E-state index is -4.50. The molecule has 3 heterocycles. The SMILES string of the molecule is COc1ccccc1N1CCN(C(=O)c2cnn3c2N[C@@H](c2ccc(Br)cc2)C[C@@H]3C(F)(F)F)CC1. The first-order valence-corrected chi connectivity index (χ1v) is 12.4. The number of methoxy groups -OCH3 is 1. The number of hydrogen-bond donors (Lipinski definition) is 1. The molecule has 3 aromatic rings. The van der Waals surface area contributed by atoms with Gasteiger partial charge in [0.2, 0.25) is 0 Å². The van der Waals surface area contributed by atoms with Crippen LogP contribution in [0.5, 0.6) is 5.75 Å². The molecule has 1 amide bonds. The van der Waals surface area contributed by atoms with E-state index in [-0.39, 0.29) is 23.7 Å². The summed E-state index contributed by atoms with van der Waals surface area (Å²) in [5.74, 6) is 0.527. The van der Waals surface area contributed by atoms with Crippen LogP contribution in [0.3, 0.4) is 0 Å². The summed E-state index contributed by atoms with van der Waals surface area (Å²) >= 11 is 3.36. The third-order valence-corrected chi connectivity index (χ3v) is 7.26. The molecule has 0 spiro atoms. The molecule has 36 heavy (non-hydrogen) atoms. The molecule has 0 aliphatic carbocycles. The molecule has 2 aromatic carbocycles. The monoisotopic (exact) mass is 563 g/mol. The molecule has 1 aromatic heterocycles. The summed E-state index contributed by atoms with van der Waals surface area (Å²) in [6.45, 7) is 2.02. The summed E-state index contributed by atoms with van der Waals surface area (Å²) in [5.41, 5.74) is 1.81. The first-order valence-electron chi connectivity index (χ1n) is 11.6. The number of amides is 1. The van der Waals surface area contributed by atoms with E-state index in [0.717, 1.165) is 20.6 Å². The van der Waals surface area contributed by atoms with E-state index in [1.807, 2.05) is 24.3 Å². The lowest BCUT2D eigenvalue weighted by molar-refractivity contribution is -0.173. The molecule has 0 bridgehead atoms. The Balaban J connectivity index is 1.37. The molecule has 1 N–H and O–H groups in total. The van der Waals surface area contributed by atoms with Gasteiger partial charge in [-0.25, -0.2) is 4.68 Å². The first-order chi connectivity index (χ1) is 17.3. The van der Waals surface area contributed by atoms with Crippen LogP contribution < -0.4 is 15.0 Å². The van der Waals surface area contributed by atoms with E-state index in [1.165, 1.54) is 6.20 Å². The maximum Gasteiger partial charge on any atom is 0.410 e. The van der Waals surface area contributed by atoms with Crippen LogP contribution in [0.4, 0.5) is 24.7 Å². The molecule has 11 heteroatoms. The van der Waals surface area contributed by atoms with Crippen LogP contribution in [-0.4, -0.2) is 60.1 Å². The second kappa shape index (κ2) is 9.68. The fourth-order valence-corrected chi connectivity index (χ4v) is 5.11. The summed E-state index contributed by atoms with van der Waals surface area (Å²) in [6.07, 6.45) is -3.47. The van der Waals surface area contributed by atoms with E-state index in [2.05, 4.69) is 31.2 Å². The van der Waals surface area contributed by atoms with Gasteiger partial charge in [-0.2, -0.15) is 18.3 Å². The number of ether oxygens (including phenoxy) is 1. The number of carbonyl (C=O) groups excluding carboxylic acids is 1. The van der Waals surface area contributed by atoms with Crippen molar-refractivity contribution in [3.63, 3.8) is 0 Å². The zero-order valence-electron chi connectivity index (χ0n) is 19.5. The normalized spacial score (nSPS) is 20.0. The molecule has 7 nitrogen and oxygen atoms in total. The van der Waals surface area contributed by atoms with Crippen LogP contribution in [0.25, 0.3) is 0 Å². The summed E-state index contributed by atoms with van der Waals surface area (Å²) in [5, 5.41) is 7.16. The lowest BCUT2D eigenvalue weighted by atomic mass is 9.96. The van der Waals surface area contributed by atoms with Crippen molar-refractivity contribution in [1.82, 2.24) is 14.7 Å². The van der Waals surface area contributed by atoms with E-state index in [9.17, 15) is 18.0 Å². The van der Waals surface area contributed by atoms with Gasteiger partial charge in [-0.3, -0.25) is 4.79 Å². The smallest absolute Gasteiger partial charge is 0.410 e. The second-order valence-electron chi connectivity index (χ2n) is 8.84. The van der Waals surface area contributed by atoms with E-state index < -0.39 is 18.3 Å². The van der Waals surface area contributed by atoms with Gasteiger partial charge in [0, 0.05) is 37.1 Å². The number of piperazine rings is 1. The van der Waals surface area contributed by atoms with Crippen LogP contribution in [-0.2, 0) is 0 Å². The number of carbonyl (C=O) groups is 1.